The number of carboxylic acids is 1. The topological polar surface area (TPSA) is 83.2 Å². The number of carboxylic acid groups (broad SMARTS) is 1. The zero-order valence-corrected chi connectivity index (χ0v) is 20.7. The summed E-state index contributed by atoms with van der Waals surface area (Å²) in [6.45, 7) is 3.07. The fourth-order valence-corrected chi connectivity index (χ4v) is 5.31. The summed E-state index contributed by atoms with van der Waals surface area (Å²) in [6.07, 6.45) is -3.16. The second-order valence-corrected chi connectivity index (χ2v) is 9.66. The summed E-state index contributed by atoms with van der Waals surface area (Å²) in [5.41, 5.74) is 8.80. The zero-order valence-electron chi connectivity index (χ0n) is 20.7. The third kappa shape index (κ3) is 6.57. The van der Waals surface area contributed by atoms with Crippen LogP contribution >= 0.6 is 0 Å². The van der Waals surface area contributed by atoms with Gasteiger partial charge in [-0.3, -0.25) is 4.79 Å². The molecule has 0 bridgehead atoms. The quantitative estimate of drug-likeness (QED) is 0.492. The van der Waals surface area contributed by atoms with Gasteiger partial charge in [-0.2, -0.15) is 13.2 Å². The number of rotatable bonds is 7. The number of carbonyl (C=O) groups is 2. The number of hydrogen-bond acceptors (Lipinski definition) is 3. The first-order valence-corrected chi connectivity index (χ1v) is 12.1. The lowest BCUT2D eigenvalue weighted by molar-refractivity contribution is -0.899. The van der Waals surface area contributed by atoms with E-state index in [4.69, 9.17) is 15.6 Å². The summed E-state index contributed by atoms with van der Waals surface area (Å²) in [7, 11) is 2.32. The van der Waals surface area contributed by atoms with Gasteiger partial charge in [0, 0.05) is 18.8 Å². The van der Waals surface area contributed by atoms with Gasteiger partial charge in [0.15, 0.2) is 0 Å². The molecule has 5 nitrogen and oxygen atoms in total. The summed E-state index contributed by atoms with van der Waals surface area (Å²) in [5, 5.41) is 8.78. The smallest absolute Gasteiger partial charge is 0.430 e. The third-order valence-electron chi connectivity index (χ3n) is 7.15. The third-order valence-corrected chi connectivity index (χ3v) is 7.15. The van der Waals surface area contributed by atoms with Crippen molar-refractivity contribution < 1.29 is 32.3 Å². The molecule has 3 aromatic rings. The molecule has 1 heterocycles. The lowest BCUT2D eigenvalue weighted by Crippen LogP contribution is -2.51. The van der Waals surface area contributed by atoms with E-state index in [1.807, 2.05) is 36.4 Å². The summed E-state index contributed by atoms with van der Waals surface area (Å²) in [6, 6.07) is 30.9. The number of hydrogen-bond donors (Lipinski definition) is 1. The van der Waals surface area contributed by atoms with Gasteiger partial charge in [-0.05, 0) is 16.7 Å². The molecule has 3 aromatic carbocycles. The predicted molar refractivity (Wildman–Crippen MR) is 133 cm³/mol. The molecule has 1 aliphatic rings. The van der Waals surface area contributed by atoms with Gasteiger partial charge in [-0.15, -0.1) is 0 Å². The van der Waals surface area contributed by atoms with E-state index in [0.717, 1.165) is 48.1 Å². The Hall–Kier alpha value is -3.65. The average Bonchev–Trinajstić information content (AvgIpc) is 3.27. The molecule has 37 heavy (non-hydrogen) atoms. The summed E-state index contributed by atoms with van der Waals surface area (Å²) >= 11 is 0. The first-order valence-electron chi connectivity index (χ1n) is 12.1. The van der Waals surface area contributed by atoms with Gasteiger partial charge in [0.25, 0.3) is 0 Å². The van der Waals surface area contributed by atoms with Gasteiger partial charge in [0.2, 0.25) is 5.91 Å². The molecule has 2 unspecified atom stereocenters. The SMILES string of the molecule is C[N+]1(CCc2ccccc2)CCC(C(C(N)=O)(c2ccccc2)c2ccccc2)C1.O=C([O-])C(F)(F)F. The lowest BCUT2D eigenvalue weighted by atomic mass is 9.64. The highest BCUT2D eigenvalue weighted by Crippen LogP contribution is 2.45. The summed E-state index contributed by atoms with van der Waals surface area (Å²) < 4.78 is 32.5. The standard InChI is InChI=1S/C27H30N2O.C2HF3O2/c1-29(19-17-22-11-5-2-6-12-22)20-18-25(21-29)27(26(28)30,23-13-7-3-8-14-23)24-15-9-4-10-16-24;3-2(4,5)1(6)7/h2-16,25H,17-21H2,1H3,(H-,28,30);(H,6,7). The van der Waals surface area contributed by atoms with Gasteiger partial charge in [0.1, 0.15) is 11.4 Å². The Morgan fingerprint density at radius 3 is 1.73 bits per heavy atom. The highest BCUT2D eigenvalue weighted by molar-refractivity contribution is 5.91. The number of likely N-dealkylation sites (N-methyl/N-ethyl adjacent to an activating group) is 1. The minimum absolute atomic E-state index is 0.167. The van der Waals surface area contributed by atoms with Crippen LogP contribution in [0.4, 0.5) is 13.2 Å². The van der Waals surface area contributed by atoms with Crippen molar-refractivity contribution in [3.63, 3.8) is 0 Å². The zero-order chi connectivity index (χ0) is 27.1. The number of benzene rings is 3. The highest BCUT2D eigenvalue weighted by Gasteiger charge is 2.53. The number of aliphatic carboxylic acids is 1. The van der Waals surface area contributed by atoms with Crippen LogP contribution in [0.5, 0.6) is 0 Å². The van der Waals surface area contributed by atoms with Crippen LogP contribution in [-0.2, 0) is 21.4 Å². The van der Waals surface area contributed by atoms with Crippen molar-refractivity contribution in [3.05, 3.63) is 108 Å². The fraction of sp³-hybridized carbons (Fsp3) is 0.310. The first kappa shape index (κ1) is 27.9. The first-order chi connectivity index (χ1) is 17.5. The number of nitrogens with zero attached hydrogens (tertiary/aromatic N) is 1. The minimum Gasteiger partial charge on any atom is -0.542 e. The Labute approximate surface area is 214 Å². The molecular formula is C29H31F3N2O3. The molecule has 1 fully saturated rings. The van der Waals surface area contributed by atoms with Crippen molar-refractivity contribution in [2.75, 3.05) is 26.7 Å². The highest BCUT2D eigenvalue weighted by atomic mass is 19.4. The molecule has 0 aliphatic carbocycles. The van der Waals surface area contributed by atoms with Crippen LogP contribution in [0.1, 0.15) is 23.1 Å². The number of nitrogens with two attached hydrogens (primary N) is 1. The molecule has 0 saturated carbocycles. The molecule has 0 spiro atoms. The van der Waals surface area contributed by atoms with Gasteiger partial charge in [-0.1, -0.05) is 91.0 Å². The molecule has 1 aliphatic heterocycles. The Bertz CT molecular complexity index is 1130. The maximum absolute atomic E-state index is 13.2. The molecular weight excluding hydrogens is 481 g/mol. The van der Waals surface area contributed by atoms with E-state index >= 15 is 0 Å². The van der Waals surface area contributed by atoms with Crippen molar-refractivity contribution in [2.45, 2.75) is 24.4 Å². The number of alkyl halides is 3. The Morgan fingerprint density at radius 2 is 1.32 bits per heavy atom. The van der Waals surface area contributed by atoms with Crippen molar-refractivity contribution in [1.29, 1.82) is 0 Å². The maximum Gasteiger partial charge on any atom is 0.430 e. The van der Waals surface area contributed by atoms with E-state index in [9.17, 15) is 18.0 Å². The van der Waals surface area contributed by atoms with E-state index in [2.05, 4.69) is 61.6 Å². The maximum atomic E-state index is 13.2. The van der Waals surface area contributed by atoms with E-state index in [1.165, 1.54) is 5.56 Å². The number of carbonyl (C=O) groups excluding carboxylic acids is 2. The van der Waals surface area contributed by atoms with Crippen LogP contribution in [0, 0.1) is 5.92 Å². The number of quaternary nitrogens is 1. The molecule has 4 rings (SSSR count). The van der Waals surface area contributed by atoms with Crippen LogP contribution < -0.4 is 10.8 Å². The molecule has 0 radical (unpaired) electrons. The number of amides is 1. The van der Waals surface area contributed by atoms with Gasteiger partial charge in [-0.25, -0.2) is 0 Å². The largest absolute Gasteiger partial charge is 0.542 e. The van der Waals surface area contributed by atoms with Gasteiger partial charge >= 0.3 is 6.18 Å². The molecule has 2 N–H and O–H groups in total. The monoisotopic (exact) mass is 512 g/mol. The summed E-state index contributed by atoms with van der Waals surface area (Å²) in [5.74, 6) is -3.09. The summed E-state index contributed by atoms with van der Waals surface area (Å²) in [4.78, 5) is 22.0. The molecule has 8 heteroatoms. The van der Waals surface area contributed by atoms with Crippen LogP contribution in [0.15, 0.2) is 91.0 Å². The van der Waals surface area contributed by atoms with Crippen LogP contribution in [0.2, 0.25) is 0 Å². The number of primary amides is 1. The Morgan fingerprint density at radius 1 is 0.892 bits per heavy atom. The second kappa shape index (κ2) is 11.6. The number of likely N-dealkylation sites (tertiary alicyclic amines) is 1. The van der Waals surface area contributed by atoms with Crippen molar-refractivity contribution in [2.24, 2.45) is 11.7 Å². The predicted octanol–water partition coefficient (Wildman–Crippen LogP) is 3.47. The van der Waals surface area contributed by atoms with Crippen molar-refractivity contribution in [3.8, 4) is 0 Å². The molecule has 196 valence electrons. The van der Waals surface area contributed by atoms with Crippen molar-refractivity contribution in [1.82, 2.24) is 0 Å². The molecule has 0 aromatic heterocycles. The van der Waals surface area contributed by atoms with Crippen LogP contribution in [0.25, 0.3) is 0 Å². The molecule has 2 atom stereocenters. The Balaban J connectivity index is 0.000000479. The van der Waals surface area contributed by atoms with Crippen molar-refractivity contribution >= 4 is 11.9 Å². The van der Waals surface area contributed by atoms with Gasteiger partial charge in [0.05, 0.1) is 26.7 Å². The lowest BCUT2D eigenvalue weighted by Gasteiger charge is -2.38. The van der Waals surface area contributed by atoms with Gasteiger partial charge < -0.3 is 20.1 Å². The van der Waals surface area contributed by atoms with E-state index in [1.54, 1.807) is 0 Å². The fourth-order valence-electron chi connectivity index (χ4n) is 5.31. The Kier molecular flexibility index (Phi) is 8.76. The number of halogens is 3. The second-order valence-electron chi connectivity index (χ2n) is 9.66. The van der Waals surface area contributed by atoms with E-state index in [-0.39, 0.29) is 11.8 Å². The van der Waals surface area contributed by atoms with Crippen LogP contribution in [0.3, 0.4) is 0 Å². The van der Waals surface area contributed by atoms with E-state index < -0.39 is 17.6 Å². The van der Waals surface area contributed by atoms with E-state index in [0.29, 0.717) is 0 Å². The molecule has 1 amide bonds. The van der Waals surface area contributed by atoms with Crippen LogP contribution in [-0.4, -0.2) is 49.2 Å². The normalized spacial score (nSPS) is 19.5. The molecule has 1 saturated heterocycles. The average molecular weight is 513 g/mol. The minimum atomic E-state index is -5.19.